The van der Waals surface area contributed by atoms with Crippen molar-refractivity contribution in [3.63, 3.8) is 0 Å². The molecular formula is C14H23N5O. The van der Waals surface area contributed by atoms with E-state index in [4.69, 9.17) is 10.9 Å². The minimum atomic E-state index is 0.123. The van der Waals surface area contributed by atoms with E-state index in [1.54, 1.807) is 0 Å². The Hall–Kier alpha value is -1.82. The molecule has 6 nitrogen and oxygen atoms in total. The lowest BCUT2D eigenvalue weighted by Crippen LogP contribution is -2.33. The lowest BCUT2D eigenvalue weighted by Gasteiger charge is -2.24. The molecule has 1 aromatic heterocycles. The number of hydrogen-bond donors (Lipinski definition) is 2. The van der Waals surface area contributed by atoms with Crippen molar-refractivity contribution in [2.24, 2.45) is 10.9 Å². The van der Waals surface area contributed by atoms with Crippen LogP contribution in [0.25, 0.3) is 0 Å². The lowest BCUT2D eigenvalue weighted by atomic mass is 10.1. The predicted molar refractivity (Wildman–Crippen MR) is 80.5 cm³/mol. The number of hydrogen-bond acceptors (Lipinski definition) is 5. The van der Waals surface area contributed by atoms with E-state index in [1.807, 2.05) is 19.9 Å². The first-order chi connectivity index (χ1) is 9.43. The van der Waals surface area contributed by atoms with Gasteiger partial charge in [0, 0.05) is 24.8 Å². The zero-order chi connectivity index (χ0) is 14.9. The molecule has 1 aliphatic heterocycles. The molecule has 0 spiro atoms. The number of aromatic nitrogens is 1. The Morgan fingerprint density at radius 1 is 1.50 bits per heavy atom. The van der Waals surface area contributed by atoms with Crippen LogP contribution in [0.1, 0.15) is 23.2 Å². The minimum absolute atomic E-state index is 0.123. The first kappa shape index (κ1) is 14.6. The van der Waals surface area contributed by atoms with Crippen LogP contribution in [0.2, 0.25) is 0 Å². The van der Waals surface area contributed by atoms with Gasteiger partial charge >= 0.3 is 0 Å². The Kier molecular flexibility index (Phi) is 4.13. The van der Waals surface area contributed by atoms with Gasteiger partial charge < -0.3 is 20.7 Å². The maximum Gasteiger partial charge on any atom is 0.174 e. The molecule has 0 radical (unpaired) electrons. The summed E-state index contributed by atoms with van der Waals surface area (Å²) in [6, 6.07) is 2.47. The van der Waals surface area contributed by atoms with E-state index >= 15 is 0 Å². The molecule has 0 amide bonds. The Balaban J connectivity index is 2.41. The summed E-state index contributed by atoms with van der Waals surface area (Å²) in [6.07, 6.45) is 1.09. The van der Waals surface area contributed by atoms with Gasteiger partial charge in [0.2, 0.25) is 0 Å². The quantitative estimate of drug-likeness (QED) is 0.372. The van der Waals surface area contributed by atoms with Gasteiger partial charge in [0.15, 0.2) is 5.84 Å². The van der Waals surface area contributed by atoms with Crippen LogP contribution in [-0.2, 0) is 0 Å². The first-order valence-electron chi connectivity index (χ1n) is 6.81. The highest BCUT2D eigenvalue weighted by Gasteiger charge is 2.28. The Morgan fingerprint density at radius 3 is 2.75 bits per heavy atom. The van der Waals surface area contributed by atoms with E-state index in [1.165, 1.54) is 0 Å². The van der Waals surface area contributed by atoms with Gasteiger partial charge in [-0.1, -0.05) is 5.16 Å². The number of nitrogens with two attached hydrogens (primary N) is 1. The topological polar surface area (TPSA) is 78.0 Å². The molecule has 6 heteroatoms. The number of likely N-dealkylation sites (N-methyl/N-ethyl adjacent to an activating group) is 1. The van der Waals surface area contributed by atoms with Crippen LogP contribution in [-0.4, -0.2) is 54.2 Å². The van der Waals surface area contributed by atoms with E-state index < -0.39 is 0 Å². The molecule has 1 fully saturated rings. The number of rotatable bonds is 3. The van der Waals surface area contributed by atoms with Gasteiger partial charge in [-0.2, -0.15) is 0 Å². The third kappa shape index (κ3) is 2.70. The highest BCUT2D eigenvalue weighted by molar-refractivity contribution is 6.02. The number of anilines is 1. The summed E-state index contributed by atoms with van der Waals surface area (Å²) in [6.45, 7) is 5.77. The van der Waals surface area contributed by atoms with Gasteiger partial charge in [-0.15, -0.1) is 0 Å². The number of oxime groups is 1. The SMILES string of the molecule is Cc1cc(C)c(C(N)=NO)c(N2CCC(N(C)C)C2)n1. The molecule has 0 saturated carbocycles. The van der Waals surface area contributed by atoms with Crippen LogP contribution in [0.3, 0.4) is 0 Å². The van der Waals surface area contributed by atoms with Gasteiger partial charge in [-0.05, 0) is 46.0 Å². The molecule has 1 unspecified atom stereocenters. The monoisotopic (exact) mass is 277 g/mol. The maximum absolute atomic E-state index is 9.00. The van der Waals surface area contributed by atoms with Crippen LogP contribution in [0, 0.1) is 13.8 Å². The van der Waals surface area contributed by atoms with E-state index in [-0.39, 0.29) is 5.84 Å². The molecule has 0 aliphatic carbocycles. The highest BCUT2D eigenvalue weighted by atomic mass is 16.4. The van der Waals surface area contributed by atoms with Gasteiger partial charge in [0.05, 0.1) is 5.56 Å². The molecule has 1 aliphatic rings. The second-order valence-corrected chi connectivity index (χ2v) is 5.62. The number of pyridine rings is 1. The average Bonchev–Trinajstić information content (AvgIpc) is 2.86. The molecule has 2 rings (SSSR count). The van der Waals surface area contributed by atoms with Gasteiger partial charge in [0.25, 0.3) is 0 Å². The van der Waals surface area contributed by atoms with Crippen molar-refractivity contribution < 1.29 is 5.21 Å². The molecule has 110 valence electrons. The fraction of sp³-hybridized carbons (Fsp3) is 0.571. The van der Waals surface area contributed by atoms with Crippen molar-refractivity contribution in [1.29, 1.82) is 0 Å². The average molecular weight is 277 g/mol. The molecule has 0 aromatic carbocycles. The first-order valence-corrected chi connectivity index (χ1v) is 6.81. The van der Waals surface area contributed by atoms with Crippen LogP contribution in [0.15, 0.2) is 11.2 Å². The maximum atomic E-state index is 9.00. The summed E-state index contributed by atoms with van der Waals surface area (Å²) in [5.74, 6) is 0.945. The molecule has 1 saturated heterocycles. The van der Waals surface area contributed by atoms with Crippen molar-refractivity contribution in [1.82, 2.24) is 9.88 Å². The van der Waals surface area contributed by atoms with Crippen molar-refractivity contribution in [3.8, 4) is 0 Å². The molecule has 0 bridgehead atoms. The van der Waals surface area contributed by atoms with Crippen molar-refractivity contribution >= 4 is 11.7 Å². The molecule has 1 atom stereocenters. The van der Waals surface area contributed by atoms with Crippen LogP contribution in [0.5, 0.6) is 0 Å². The van der Waals surface area contributed by atoms with Crippen molar-refractivity contribution in [2.75, 3.05) is 32.1 Å². The summed E-state index contributed by atoms with van der Waals surface area (Å²) >= 11 is 0. The largest absolute Gasteiger partial charge is 0.409 e. The summed E-state index contributed by atoms with van der Waals surface area (Å²) in [7, 11) is 4.18. The van der Waals surface area contributed by atoms with Crippen LogP contribution in [0.4, 0.5) is 5.82 Å². The van der Waals surface area contributed by atoms with E-state index in [0.717, 1.165) is 42.1 Å². The van der Waals surface area contributed by atoms with Crippen LogP contribution < -0.4 is 10.6 Å². The second-order valence-electron chi connectivity index (χ2n) is 5.62. The fourth-order valence-electron chi connectivity index (χ4n) is 2.77. The lowest BCUT2D eigenvalue weighted by molar-refractivity contribution is 0.315. The van der Waals surface area contributed by atoms with Gasteiger partial charge in [0.1, 0.15) is 5.82 Å². The molecule has 3 N–H and O–H groups in total. The summed E-state index contributed by atoms with van der Waals surface area (Å²) in [4.78, 5) is 9.06. The Bertz CT molecular complexity index is 527. The Labute approximate surface area is 119 Å². The minimum Gasteiger partial charge on any atom is -0.409 e. The molecular weight excluding hydrogens is 254 g/mol. The third-order valence-electron chi connectivity index (χ3n) is 3.88. The van der Waals surface area contributed by atoms with E-state index in [0.29, 0.717) is 6.04 Å². The summed E-state index contributed by atoms with van der Waals surface area (Å²) < 4.78 is 0. The van der Waals surface area contributed by atoms with Crippen molar-refractivity contribution in [3.05, 3.63) is 22.9 Å². The highest BCUT2D eigenvalue weighted by Crippen LogP contribution is 2.26. The fourth-order valence-corrected chi connectivity index (χ4v) is 2.77. The van der Waals surface area contributed by atoms with Gasteiger partial charge in [-0.3, -0.25) is 0 Å². The zero-order valence-electron chi connectivity index (χ0n) is 12.6. The summed E-state index contributed by atoms with van der Waals surface area (Å²) in [5, 5.41) is 12.2. The van der Waals surface area contributed by atoms with Crippen molar-refractivity contribution in [2.45, 2.75) is 26.3 Å². The molecule has 2 heterocycles. The molecule has 1 aromatic rings. The Morgan fingerprint density at radius 2 is 2.20 bits per heavy atom. The predicted octanol–water partition coefficient (Wildman–Crippen LogP) is 0.933. The van der Waals surface area contributed by atoms with Crippen LogP contribution >= 0.6 is 0 Å². The van der Waals surface area contributed by atoms with E-state index in [2.05, 4.69) is 34.0 Å². The smallest absolute Gasteiger partial charge is 0.174 e. The zero-order valence-corrected chi connectivity index (χ0v) is 12.6. The normalized spacial score (nSPS) is 19.9. The van der Waals surface area contributed by atoms with Gasteiger partial charge in [-0.25, -0.2) is 4.98 Å². The standard InChI is InChI=1S/C14H23N5O/c1-9-7-10(2)16-14(12(9)13(15)17-20)19-6-5-11(8-19)18(3)4/h7,11,20H,5-6,8H2,1-4H3,(H2,15,17). The summed E-state index contributed by atoms with van der Waals surface area (Å²) in [5.41, 5.74) is 8.49. The number of aryl methyl sites for hydroxylation is 2. The molecule has 20 heavy (non-hydrogen) atoms. The van der Waals surface area contributed by atoms with E-state index in [9.17, 15) is 0 Å². The third-order valence-corrected chi connectivity index (χ3v) is 3.88. The number of nitrogens with zero attached hydrogens (tertiary/aromatic N) is 4. The second kappa shape index (κ2) is 5.66. The number of amidine groups is 1.